The third-order valence-electron chi connectivity index (χ3n) is 6.68. The molecule has 0 aromatic carbocycles. The summed E-state index contributed by atoms with van der Waals surface area (Å²) < 4.78 is 39.2. The molecule has 0 atom stereocenters. The van der Waals surface area contributed by atoms with Crippen LogP contribution in [-0.2, 0) is 9.59 Å². The Hall–Kier alpha value is -1.35. The molecule has 10 heteroatoms. The largest absolute Gasteiger partial charge is 0.391 e. The molecular formula is C22H31ClF3N3O2S. The fourth-order valence-electron chi connectivity index (χ4n) is 4.93. The molecule has 1 heterocycles. The highest BCUT2D eigenvalue weighted by Crippen LogP contribution is 2.50. The van der Waals surface area contributed by atoms with Gasteiger partial charge in [0.15, 0.2) is 0 Å². The molecule has 180 valence electrons. The summed E-state index contributed by atoms with van der Waals surface area (Å²) in [7, 11) is 0. The smallest absolute Gasteiger partial charge is 0.352 e. The van der Waals surface area contributed by atoms with Gasteiger partial charge in [-0.2, -0.15) is 13.2 Å². The van der Waals surface area contributed by atoms with Crippen LogP contribution in [-0.4, -0.2) is 51.9 Å². The predicted molar refractivity (Wildman–Crippen MR) is 119 cm³/mol. The summed E-state index contributed by atoms with van der Waals surface area (Å²) in [5.41, 5.74) is -1.04. The van der Waals surface area contributed by atoms with Crippen LogP contribution in [0.3, 0.4) is 0 Å². The van der Waals surface area contributed by atoms with Crippen LogP contribution in [0.2, 0.25) is 0 Å². The van der Waals surface area contributed by atoms with Gasteiger partial charge >= 0.3 is 6.18 Å². The van der Waals surface area contributed by atoms with E-state index in [-0.39, 0.29) is 55.0 Å². The van der Waals surface area contributed by atoms with Crippen LogP contribution in [0.15, 0.2) is 6.20 Å². The van der Waals surface area contributed by atoms with Crippen LogP contribution in [0.5, 0.6) is 0 Å². The molecule has 32 heavy (non-hydrogen) atoms. The molecule has 2 aliphatic rings. The lowest BCUT2D eigenvalue weighted by atomic mass is 9.66. The Bertz CT molecular complexity index is 816. The summed E-state index contributed by atoms with van der Waals surface area (Å²) in [5.74, 6) is -2.13. The van der Waals surface area contributed by atoms with Gasteiger partial charge in [0.2, 0.25) is 11.8 Å². The van der Waals surface area contributed by atoms with Crippen molar-refractivity contribution in [3.05, 3.63) is 16.1 Å². The van der Waals surface area contributed by atoms with E-state index < -0.39 is 17.6 Å². The molecule has 0 spiro atoms. The Balaban J connectivity index is 1.79. The van der Waals surface area contributed by atoms with Gasteiger partial charge in [-0.05, 0) is 65.2 Å². The van der Waals surface area contributed by atoms with Crippen LogP contribution in [0.1, 0.15) is 68.2 Å². The van der Waals surface area contributed by atoms with E-state index in [1.807, 2.05) is 20.8 Å². The van der Waals surface area contributed by atoms with E-state index in [1.165, 1.54) is 0 Å². The second-order valence-corrected chi connectivity index (χ2v) is 11.0. The molecule has 2 aliphatic carbocycles. The Kier molecular flexibility index (Phi) is 7.80. The fourth-order valence-corrected chi connectivity index (χ4v) is 5.95. The number of carbonyl (C=O) groups is 2. The quantitative estimate of drug-likeness (QED) is 0.542. The van der Waals surface area contributed by atoms with Gasteiger partial charge in [0.1, 0.15) is 11.4 Å². The second-order valence-electron chi connectivity index (χ2n) is 9.47. The molecule has 2 amide bonds. The molecule has 1 N–H and O–H groups in total. The standard InChI is InChI=1S/C22H31ClF3N3O2S/c1-13(2)28-20(31)21(8-16(9-21)19-27-11-14(3)32-19)29(18(30)10-23)12-15-4-6-17(7-5-15)22(24,25)26/h11,13,15-17H,4-10,12H2,1-3H3,(H,28,31). The number of nitrogens with zero attached hydrogens (tertiary/aromatic N) is 2. The minimum absolute atomic E-state index is 0.0588. The van der Waals surface area contributed by atoms with Gasteiger partial charge in [-0.3, -0.25) is 9.59 Å². The van der Waals surface area contributed by atoms with Gasteiger partial charge in [-0.25, -0.2) is 4.98 Å². The Morgan fingerprint density at radius 3 is 2.38 bits per heavy atom. The van der Waals surface area contributed by atoms with Gasteiger partial charge in [0, 0.05) is 29.6 Å². The monoisotopic (exact) mass is 493 g/mol. The SMILES string of the molecule is Cc1cnc(C2CC(C(=O)NC(C)C)(N(CC3CCC(C(F)(F)F)CC3)C(=O)CCl)C2)s1. The summed E-state index contributed by atoms with van der Waals surface area (Å²) in [5, 5.41) is 3.89. The maximum Gasteiger partial charge on any atom is 0.391 e. The van der Waals surface area contributed by atoms with Crippen LogP contribution in [0.4, 0.5) is 13.2 Å². The van der Waals surface area contributed by atoms with Gasteiger partial charge in [-0.1, -0.05) is 0 Å². The Morgan fingerprint density at radius 2 is 1.91 bits per heavy atom. The predicted octanol–water partition coefficient (Wildman–Crippen LogP) is 5.03. The maximum absolute atomic E-state index is 13.3. The summed E-state index contributed by atoms with van der Waals surface area (Å²) in [6.07, 6.45) is -0.609. The first kappa shape index (κ1) is 25.3. The van der Waals surface area contributed by atoms with E-state index in [9.17, 15) is 22.8 Å². The molecule has 0 aliphatic heterocycles. The first-order valence-electron chi connectivity index (χ1n) is 11.1. The summed E-state index contributed by atoms with van der Waals surface area (Å²) in [4.78, 5) is 33.3. The molecule has 1 aromatic rings. The molecule has 0 bridgehead atoms. The van der Waals surface area contributed by atoms with Gasteiger partial charge in [-0.15, -0.1) is 22.9 Å². The van der Waals surface area contributed by atoms with Gasteiger partial charge in [0.25, 0.3) is 0 Å². The number of halogens is 4. The number of aryl methyl sites for hydroxylation is 1. The molecule has 2 fully saturated rings. The number of hydrogen-bond acceptors (Lipinski definition) is 4. The van der Waals surface area contributed by atoms with E-state index in [0.29, 0.717) is 25.7 Å². The number of carbonyl (C=O) groups excluding carboxylic acids is 2. The third-order valence-corrected chi connectivity index (χ3v) is 7.99. The van der Waals surface area contributed by atoms with Crippen molar-refractivity contribution >= 4 is 34.8 Å². The number of thiazole rings is 1. The van der Waals surface area contributed by atoms with Crippen molar-refractivity contribution in [2.45, 2.75) is 83.0 Å². The van der Waals surface area contributed by atoms with Gasteiger partial charge in [0.05, 0.1) is 10.9 Å². The van der Waals surface area contributed by atoms with Crippen LogP contribution < -0.4 is 5.32 Å². The van der Waals surface area contributed by atoms with Crippen molar-refractivity contribution < 1.29 is 22.8 Å². The topological polar surface area (TPSA) is 62.3 Å². The minimum atomic E-state index is -4.18. The number of nitrogens with one attached hydrogen (secondary N) is 1. The van der Waals surface area contributed by atoms with Crippen molar-refractivity contribution in [3.8, 4) is 0 Å². The highest BCUT2D eigenvalue weighted by molar-refractivity contribution is 7.11. The Labute approximate surface area is 196 Å². The van der Waals surface area contributed by atoms with Crippen LogP contribution in [0.25, 0.3) is 0 Å². The molecule has 0 unspecified atom stereocenters. The van der Waals surface area contributed by atoms with Crippen LogP contribution >= 0.6 is 22.9 Å². The van der Waals surface area contributed by atoms with Crippen molar-refractivity contribution in [2.24, 2.45) is 11.8 Å². The number of aromatic nitrogens is 1. The highest BCUT2D eigenvalue weighted by Gasteiger charge is 2.57. The highest BCUT2D eigenvalue weighted by atomic mass is 35.5. The lowest BCUT2D eigenvalue weighted by molar-refractivity contribution is -0.185. The van der Waals surface area contributed by atoms with Crippen LogP contribution in [0, 0.1) is 18.8 Å². The van der Waals surface area contributed by atoms with Crippen molar-refractivity contribution in [2.75, 3.05) is 12.4 Å². The average Bonchev–Trinajstić information content (AvgIpc) is 3.10. The van der Waals surface area contributed by atoms with Crippen molar-refractivity contribution in [3.63, 3.8) is 0 Å². The van der Waals surface area contributed by atoms with E-state index in [4.69, 9.17) is 11.6 Å². The Morgan fingerprint density at radius 1 is 1.28 bits per heavy atom. The normalized spacial score (nSPS) is 28.3. The molecule has 0 radical (unpaired) electrons. The molecule has 5 nitrogen and oxygen atoms in total. The zero-order valence-corrected chi connectivity index (χ0v) is 20.2. The molecule has 1 aromatic heterocycles. The van der Waals surface area contributed by atoms with E-state index in [2.05, 4.69) is 10.3 Å². The molecule has 0 saturated heterocycles. The van der Waals surface area contributed by atoms with Gasteiger partial charge < -0.3 is 10.2 Å². The van der Waals surface area contributed by atoms with E-state index >= 15 is 0 Å². The third kappa shape index (κ3) is 5.41. The summed E-state index contributed by atoms with van der Waals surface area (Å²) in [6, 6.07) is -0.101. The number of hydrogen-bond donors (Lipinski definition) is 1. The minimum Gasteiger partial charge on any atom is -0.352 e. The number of alkyl halides is 4. The average molecular weight is 494 g/mol. The number of amides is 2. The fraction of sp³-hybridized carbons (Fsp3) is 0.773. The maximum atomic E-state index is 13.3. The first-order chi connectivity index (χ1) is 15.0. The summed E-state index contributed by atoms with van der Waals surface area (Å²) in [6.45, 7) is 5.94. The second kappa shape index (κ2) is 9.87. The van der Waals surface area contributed by atoms with E-state index in [1.54, 1.807) is 22.4 Å². The zero-order valence-electron chi connectivity index (χ0n) is 18.7. The van der Waals surface area contributed by atoms with Crippen molar-refractivity contribution in [1.82, 2.24) is 15.2 Å². The van der Waals surface area contributed by atoms with E-state index in [0.717, 1.165) is 9.88 Å². The molecular weight excluding hydrogens is 463 g/mol. The van der Waals surface area contributed by atoms with Crippen molar-refractivity contribution in [1.29, 1.82) is 0 Å². The molecule has 3 rings (SSSR count). The lowest BCUT2D eigenvalue weighted by Crippen LogP contribution is -2.68. The summed E-state index contributed by atoms with van der Waals surface area (Å²) >= 11 is 7.50. The lowest BCUT2D eigenvalue weighted by Gasteiger charge is -2.53. The zero-order chi connectivity index (χ0) is 23.7. The molecule has 2 saturated carbocycles. The first-order valence-corrected chi connectivity index (χ1v) is 12.5. The number of rotatable bonds is 7.